The van der Waals surface area contributed by atoms with Gasteiger partial charge in [-0.15, -0.1) is 0 Å². The topological polar surface area (TPSA) is 126 Å². The number of primary amides is 1. The summed E-state index contributed by atoms with van der Waals surface area (Å²) >= 11 is 5.85. The van der Waals surface area contributed by atoms with Crippen LogP contribution in [0.15, 0.2) is 45.9 Å². The van der Waals surface area contributed by atoms with Gasteiger partial charge in [-0.05, 0) is 36.2 Å². The first-order chi connectivity index (χ1) is 14.3. The Morgan fingerprint density at radius 3 is 2.33 bits per heavy atom. The number of nitrogens with zero attached hydrogens (tertiary/aromatic N) is 2. The Morgan fingerprint density at radius 1 is 1.07 bits per heavy atom. The van der Waals surface area contributed by atoms with Crippen LogP contribution in [0.25, 0.3) is 0 Å². The first-order valence-corrected chi connectivity index (χ1v) is 11.2. The van der Waals surface area contributed by atoms with Gasteiger partial charge in [0.25, 0.3) is 15.9 Å². The molecule has 0 aliphatic carbocycles. The van der Waals surface area contributed by atoms with E-state index >= 15 is 0 Å². The third-order valence-electron chi connectivity index (χ3n) is 4.77. The molecule has 162 valence electrons. The monoisotopic (exact) mass is 454 g/mol. The lowest BCUT2D eigenvalue weighted by Gasteiger charge is -2.32. The number of rotatable bonds is 8. The van der Waals surface area contributed by atoms with E-state index in [4.69, 9.17) is 21.8 Å². The highest BCUT2D eigenvalue weighted by Crippen LogP contribution is 2.20. The molecule has 2 heterocycles. The minimum absolute atomic E-state index is 0.114. The number of nitrogens with two attached hydrogens (primary N) is 1. The van der Waals surface area contributed by atoms with Crippen molar-refractivity contribution in [2.24, 2.45) is 5.73 Å². The van der Waals surface area contributed by atoms with Gasteiger partial charge in [0.1, 0.15) is 0 Å². The van der Waals surface area contributed by atoms with Crippen LogP contribution in [0.2, 0.25) is 5.02 Å². The molecule has 3 rings (SSSR count). The molecule has 30 heavy (non-hydrogen) atoms. The molecule has 1 fully saturated rings. The van der Waals surface area contributed by atoms with E-state index in [1.165, 1.54) is 16.4 Å². The number of hydrogen-bond acceptors (Lipinski definition) is 6. The maximum absolute atomic E-state index is 12.6. The molecule has 0 bridgehead atoms. The highest BCUT2D eigenvalue weighted by molar-refractivity contribution is 7.89. The predicted molar refractivity (Wildman–Crippen MR) is 111 cm³/mol. The Morgan fingerprint density at radius 2 is 1.73 bits per heavy atom. The van der Waals surface area contributed by atoms with Crippen molar-refractivity contribution >= 4 is 33.4 Å². The summed E-state index contributed by atoms with van der Waals surface area (Å²) in [5.74, 6) is -1.15. The number of amides is 2. The molecular weight excluding hydrogens is 432 g/mol. The van der Waals surface area contributed by atoms with Crippen LogP contribution in [-0.4, -0.2) is 68.7 Å². The van der Waals surface area contributed by atoms with E-state index in [0.29, 0.717) is 31.1 Å². The Labute approximate surface area is 179 Å². The summed E-state index contributed by atoms with van der Waals surface area (Å²) in [6.07, 6.45) is 0.700. The fourth-order valence-corrected chi connectivity index (χ4v) is 4.56. The zero-order valence-corrected chi connectivity index (χ0v) is 17.8. The molecule has 11 heteroatoms. The van der Waals surface area contributed by atoms with E-state index in [2.05, 4.69) is 5.32 Å². The number of carbonyl (C=O) groups is 2. The zero-order chi connectivity index (χ0) is 21.7. The lowest BCUT2D eigenvalue weighted by atomic mass is 10.1. The average Bonchev–Trinajstić information content (AvgIpc) is 3.21. The highest BCUT2D eigenvalue weighted by atomic mass is 35.5. The minimum Gasteiger partial charge on any atom is -0.438 e. The molecule has 3 N–H and O–H groups in total. The largest absolute Gasteiger partial charge is 0.438 e. The normalized spacial score (nSPS) is 15.8. The number of benzene rings is 1. The molecule has 0 atom stereocenters. The Hall–Kier alpha value is -2.40. The zero-order valence-electron chi connectivity index (χ0n) is 16.2. The van der Waals surface area contributed by atoms with Crippen molar-refractivity contribution in [3.8, 4) is 0 Å². The number of halogens is 1. The van der Waals surface area contributed by atoms with E-state index in [0.717, 1.165) is 5.56 Å². The maximum atomic E-state index is 12.6. The van der Waals surface area contributed by atoms with Crippen molar-refractivity contribution in [2.75, 3.05) is 39.3 Å². The number of piperazine rings is 1. The van der Waals surface area contributed by atoms with Crippen molar-refractivity contribution in [3.05, 3.63) is 52.7 Å². The standard InChI is InChI=1S/C19H23ClN4O5S/c20-15-3-1-14(2-4-15)7-8-22-17(25)13-23-9-11-24(12-10-23)30(27,28)18-6-5-16(29-18)19(21)26/h1-6H,7-13H2,(H2,21,26)(H,22,25). The number of hydrogen-bond donors (Lipinski definition) is 2. The second-order valence-electron chi connectivity index (χ2n) is 6.89. The minimum atomic E-state index is -3.85. The van der Waals surface area contributed by atoms with Crippen LogP contribution in [0.3, 0.4) is 0 Å². The summed E-state index contributed by atoms with van der Waals surface area (Å²) in [4.78, 5) is 25.1. The summed E-state index contributed by atoms with van der Waals surface area (Å²) in [6, 6.07) is 9.90. The summed E-state index contributed by atoms with van der Waals surface area (Å²) in [7, 11) is -3.85. The first-order valence-electron chi connectivity index (χ1n) is 9.39. The van der Waals surface area contributed by atoms with E-state index in [1.807, 2.05) is 29.2 Å². The van der Waals surface area contributed by atoms with Gasteiger partial charge < -0.3 is 15.5 Å². The number of sulfonamides is 1. The van der Waals surface area contributed by atoms with Gasteiger partial charge in [-0.3, -0.25) is 14.5 Å². The molecule has 2 aromatic rings. The molecule has 1 aromatic carbocycles. The molecule has 0 spiro atoms. The second kappa shape index (κ2) is 9.61. The Bertz CT molecular complexity index is 998. The van der Waals surface area contributed by atoms with Crippen LogP contribution in [0.5, 0.6) is 0 Å². The molecular formula is C19H23ClN4O5S. The summed E-state index contributed by atoms with van der Waals surface area (Å²) < 4.78 is 31.6. The van der Waals surface area contributed by atoms with Gasteiger partial charge in [-0.2, -0.15) is 4.31 Å². The van der Waals surface area contributed by atoms with Crippen molar-refractivity contribution in [2.45, 2.75) is 11.5 Å². The van der Waals surface area contributed by atoms with E-state index < -0.39 is 15.9 Å². The first kappa shape index (κ1) is 22.3. The Balaban J connectivity index is 1.43. The van der Waals surface area contributed by atoms with Crippen molar-refractivity contribution in [1.29, 1.82) is 0 Å². The smallest absolute Gasteiger partial charge is 0.284 e. The molecule has 9 nitrogen and oxygen atoms in total. The third kappa shape index (κ3) is 5.60. The summed E-state index contributed by atoms with van der Waals surface area (Å²) in [5, 5.41) is 3.23. The van der Waals surface area contributed by atoms with Gasteiger partial charge in [0.2, 0.25) is 11.0 Å². The molecule has 1 aliphatic rings. The van der Waals surface area contributed by atoms with Gasteiger partial charge in [-0.1, -0.05) is 23.7 Å². The molecule has 1 aromatic heterocycles. The SMILES string of the molecule is NC(=O)c1ccc(S(=O)(=O)N2CCN(CC(=O)NCCc3ccc(Cl)cc3)CC2)o1. The van der Waals surface area contributed by atoms with Gasteiger partial charge in [0.15, 0.2) is 5.76 Å². The lowest BCUT2D eigenvalue weighted by Crippen LogP contribution is -2.51. The van der Waals surface area contributed by atoms with Crippen molar-refractivity contribution in [3.63, 3.8) is 0 Å². The molecule has 0 unspecified atom stereocenters. The average molecular weight is 455 g/mol. The molecule has 1 saturated heterocycles. The fourth-order valence-electron chi connectivity index (χ4n) is 3.10. The van der Waals surface area contributed by atoms with Crippen LogP contribution in [0.4, 0.5) is 0 Å². The lowest BCUT2D eigenvalue weighted by molar-refractivity contribution is -0.122. The number of nitrogens with one attached hydrogen (secondary N) is 1. The fraction of sp³-hybridized carbons (Fsp3) is 0.368. The molecule has 0 saturated carbocycles. The van der Waals surface area contributed by atoms with E-state index in [1.54, 1.807) is 0 Å². The van der Waals surface area contributed by atoms with E-state index in [-0.39, 0.29) is 36.4 Å². The number of furan rings is 1. The quantitative estimate of drug-likeness (QED) is 0.604. The highest BCUT2D eigenvalue weighted by Gasteiger charge is 2.31. The van der Waals surface area contributed by atoms with Crippen molar-refractivity contribution in [1.82, 2.24) is 14.5 Å². The van der Waals surface area contributed by atoms with Gasteiger partial charge in [-0.25, -0.2) is 8.42 Å². The van der Waals surface area contributed by atoms with Crippen LogP contribution >= 0.6 is 11.6 Å². The summed E-state index contributed by atoms with van der Waals surface area (Å²) in [6.45, 7) is 1.96. The summed E-state index contributed by atoms with van der Waals surface area (Å²) in [5.41, 5.74) is 6.18. The van der Waals surface area contributed by atoms with Gasteiger partial charge in [0.05, 0.1) is 6.54 Å². The van der Waals surface area contributed by atoms with Crippen LogP contribution < -0.4 is 11.1 Å². The molecule has 1 aliphatic heterocycles. The third-order valence-corrected chi connectivity index (χ3v) is 6.79. The molecule has 0 radical (unpaired) electrons. The number of carbonyl (C=O) groups excluding carboxylic acids is 2. The predicted octanol–water partition coefficient (Wildman–Crippen LogP) is 0.697. The van der Waals surface area contributed by atoms with Crippen LogP contribution in [0.1, 0.15) is 16.1 Å². The molecule has 2 amide bonds. The van der Waals surface area contributed by atoms with Gasteiger partial charge in [0, 0.05) is 37.7 Å². The van der Waals surface area contributed by atoms with Crippen LogP contribution in [0, 0.1) is 0 Å². The van der Waals surface area contributed by atoms with Gasteiger partial charge >= 0.3 is 0 Å². The van der Waals surface area contributed by atoms with Crippen molar-refractivity contribution < 1.29 is 22.4 Å². The van der Waals surface area contributed by atoms with E-state index in [9.17, 15) is 18.0 Å². The Kier molecular flexibility index (Phi) is 7.14. The van der Waals surface area contributed by atoms with Crippen LogP contribution in [-0.2, 0) is 21.2 Å². The second-order valence-corrected chi connectivity index (χ2v) is 9.19. The maximum Gasteiger partial charge on any atom is 0.284 e.